The zero-order valence-corrected chi connectivity index (χ0v) is 11.2. The van der Waals surface area contributed by atoms with Crippen molar-refractivity contribution in [3.8, 4) is 0 Å². The van der Waals surface area contributed by atoms with Crippen molar-refractivity contribution < 1.29 is 0 Å². The van der Waals surface area contributed by atoms with Gasteiger partial charge in [0, 0.05) is 0 Å². The molecule has 0 radical (unpaired) electrons. The van der Waals surface area contributed by atoms with Crippen molar-refractivity contribution >= 4 is 16.8 Å². The van der Waals surface area contributed by atoms with Crippen LogP contribution in [0.25, 0.3) is 16.8 Å². The van der Waals surface area contributed by atoms with Crippen LogP contribution in [0.15, 0.2) is 48.5 Å². The first-order valence-electron chi connectivity index (χ1n) is 7.06. The largest absolute Gasteiger partial charge is 0.0839 e. The van der Waals surface area contributed by atoms with Gasteiger partial charge in [0.1, 0.15) is 0 Å². The van der Waals surface area contributed by atoms with Gasteiger partial charge in [0.25, 0.3) is 0 Å². The van der Waals surface area contributed by atoms with Crippen LogP contribution < -0.4 is 0 Å². The summed E-state index contributed by atoms with van der Waals surface area (Å²) in [5, 5.41) is 2.68. The van der Waals surface area contributed by atoms with E-state index in [1.807, 2.05) is 0 Å². The second kappa shape index (κ2) is 7.00. The Hall–Kier alpha value is -1.56. The second-order valence-corrected chi connectivity index (χ2v) is 4.82. The maximum Gasteiger partial charge on any atom is -0.0112 e. The van der Waals surface area contributed by atoms with Crippen molar-refractivity contribution in [1.82, 2.24) is 0 Å². The van der Waals surface area contributed by atoms with Crippen molar-refractivity contribution in [3.63, 3.8) is 0 Å². The Morgan fingerprint density at radius 1 is 0.889 bits per heavy atom. The predicted molar refractivity (Wildman–Crippen MR) is 81.7 cm³/mol. The summed E-state index contributed by atoms with van der Waals surface area (Å²) in [6.45, 7) is 2.26. The minimum absolute atomic E-state index is 1.20. The standard InChI is InChI=1S/C18H22/c1-2-3-4-5-6-7-11-16-13-10-14-17-12-8-9-15-18(16)17/h7-15H,2-6H2,1H3. The Bertz CT molecular complexity index is 503. The Kier molecular flexibility index (Phi) is 5.01. The number of rotatable bonds is 6. The average Bonchev–Trinajstić information content (AvgIpc) is 2.43. The van der Waals surface area contributed by atoms with E-state index in [1.54, 1.807) is 0 Å². The fraction of sp³-hybridized carbons (Fsp3) is 0.333. The molecule has 0 fully saturated rings. The fourth-order valence-corrected chi connectivity index (χ4v) is 2.30. The molecule has 0 N–H and O–H groups in total. The highest BCUT2D eigenvalue weighted by Gasteiger charge is 1.95. The van der Waals surface area contributed by atoms with Gasteiger partial charge >= 0.3 is 0 Å². The van der Waals surface area contributed by atoms with Crippen LogP contribution in [0, 0.1) is 0 Å². The molecule has 0 saturated carbocycles. The second-order valence-electron chi connectivity index (χ2n) is 4.82. The number of unbranched alkanes of at least 4 members (excludes halogenated alkanes) is 4. The minimum atomic E-state index is 1.20. The van der Waals surface area contributed by atoms with Crippen LogP contribution in [-0.4, -0.2) is 0 Å². The van der Waals surface area contributed by atoms with Gasteiger partial charge in [0.05, 0.1) is 0 Å². The molecule has 2 rings (SSSR count). The maximum absolute atomic E-state index is 2.32. The Morgan fingerprint density at radius 3 is 2.61 bits per heavy atom. The SMILES string of the molecule is CCCCCCC=Cc1cccc2ccccc12. The molecule has 0 aromatic heterocycles. The van der Waals surface area contributed by atoms with E-state index in [0.717, 1.165) is 0 Å². The van der Waals surface area contributed by atoms with E-state index in [1.165, 1.54) is 48.4 Å². The Morgan fingerprint density at radius 2 is 1.72 bits per heavy atom. The van der Waals surface area contributed by atoms with Crippen LogP contribution in [0.3, 0.4) is 0 Å². The van der Waals surface area contributed by atoms with E-state index in [-0.39, 0.29) is 0 Å². The molecule has 0 heteroatoms. The molecule has 0 nitrogen and oxygen atoms in total. The summed E-state index contributed by atoms with van der Waals surface area (Å²) >= 11 is 0. The number of fused-ring (bicyclic) bond motifs is 1. The molecule has 0 aliphatic carbocycles. The number of hydrogen-bond donors (Lipinski definition) is 0. The third kappa shape index (κ3) is 3.46. The third-order valence-electron chi connectivity index (χ3n) is 3.35. The average molecular weight is 238 g/mol. The molecule has 0 atom stereocenters. The fourth-order valence-electron chi connectivity index (χ4n) is 2.30. The van der Waals surface area contributed by atoms with Gasteiger partial charge in [0.15, 0.2) is 0 Å². The molecule has 0 heterocycles. The monoisotopic (exact) mass is 238 g/mol. The summed E-state index contributed by atoms with van der Waals surface area (Å²) < 4.78 is 0. The number of benzene rings is 2. The summed E-state index contributed by atoms with van der Waals surface area (Å²) in [5.41, 5.74) is 1.34. The van der Waals surface area contributed by atoms with Crippen molar-refractivity contribution in [2.24, 2.45) is 0 Å². The van der Waals surface area contributed by atoms with Gasteiger partial charge in [-0.25, -0.2) is 0 Å². The smallest absolute Gasteiger partial charge is 0.0112 e. The summed E-state index contributed by atoms with van der Waals surface area (Å²) in [6.07, 6.45) is 11.1. The molecule has 0 saturated heterocycles. The molecular formula is C18H22. The molecule has 0 spiro atoms. The van der Waals surface area contributed by atoms with Crippen molar-refractivity contribution in [1.29, 1.82) is 0 Å². The summed E-state index contributed by atoms with van der Waals surface area (Å²) in [4.78, 5) is 0. The highest BCUT2D eigenvalue weighted by molar-refractivity contribution is 5.90. The normalized spacial score (nSPS) is 11.4. The van der Waals surface area contributed by atoms with E-state index in [4.69, 9.17) is 0 Å². The first-order chi connectivity index (χ1) is 8.92. The lowest BCUT2D eigenvalue weighted by Gasteiger charge is -2.01. The molecule has 0 unspecified atom stereocenters. The van der Waals surface area contributed by atoms with Gasteiger partial charge in [-0.1, -0.05) is 80.8 Å². The lowest BCUT2D eigenvalue weighted by Crippen LogP contribution is -1.78. The molecule has 2 aromatic carbocycles. The zero-order chi connectivity index (χ0) is 12.6. The lowest BCUT2D eigenvalue weighted by atomic mass is 10.0. The van der Waals surface area contributed by atoms with Gasteiger partial charge in [-0.3, -0.25) is 0 Å². The molecule has 0 amide bonds. The van der Waals surface area contributed by atoms with Gasteiger partial charge in [-0.15, -0.1) is 0 Å². The topological polar surface area (TPSA) is 0 Å². The van der Waals surface area contributed by atoms with E-state index in [9.17, 15) is 0 Å². The number of allylic oxidation sites excluding steroid dienone is 1. The van der Waals surface area contributed by atoms with Crippen LogP contribution in [0.2, 0.25) is 0 Å². The summed E-state index contributed by atoms with van der Waals surface area (Å²) in [7, 11) is 0. The first-order valence-corrected chi connectivity index (χ1v) is 7.06. The third-order valence-corrected chi connectivity index (χ3v) is 3.35. The zero-order valence-electron chi connectivity index (χ0n) is 11.2. The van der Waals surface area contributed by atoms with Crippen LogP contribution in [-0.2, 0) is 0 Å². The van der Waals surface area contributed by atoms with Crippen LogP contribution in [0.5, 0.6) is 0 Å². The molecule has 2 aromatic rings. The molecule has 0 bridgehead atoms. The summed E-state index contributed by atoms with van der Waals surface area (Å²) in [5.74, 6) is 0. The van der Waals surface area contributed by atoms with Crippen molar-refractivity contribution in [2.75, 3.05) is 0 Å². The van der Waals surface area contributed by atoms with Crippen LogP contribution >= 0.6 is 0 Å². The van der Waals surface area contributed by atoms with Crippen LogP contribution in [0.4, 0.5) is 0 Å². The molecule has 94 valence electrons. The first kappa shape index (κ1) is 12.9. The van der Waals surface area contributed by atoms with Crippen LogP contribution in [0.1, 0.15) is 44.6 Å². The molecule has 0 aliphatic rings. The summed E-state index contributed by atoms with van der Waals surface area (Å²) in [6, 6.07) is 15.1. The Labute approximate surface area is 110 Å². The molecule has 0 aliphatic heterocycles. The van der Waals surface area contributed by atoms with Gasteiger partial charge in [-0.2, -0.15) is 0 Å². The van der Waals surface area contributed by atoms with E-state index in [2.05, 4.69) is 61.5 Å². The van der Waals surface area contributed by atoms with Gasteiger partial charge in [0.2, 0.25) is 0 Å². The van der Waals surface area contributed by atoms with Crippen molar-refractivity contribution in [2.45, 2.75) is 39.0 Å². The maximum atomic E-state index is 2.32. The van der Waals surface area contributed by atoms with Gasteiger partial charge < -0.3 is 0 Å². The highest BCUT2D eigenvalue weighted by atomic mass is 14.0. The van der Waals surface area contributed by atoms with E-state index >= 15 is 0 Å². The van der Waals surface area contributed by atoms with Crippen molar-refractivity contribution in [3.05, 3.63) is 54.1 Å². The molecule has 18 heavy (non-hydrogen) atoms. The lowest BCUT2D eigenvalue weighted by molar-refractivity contribution is 0.675. The highest BCUT2D eigenvalue weighted by Crippen LogP contribution is 2.19. The molecular weight excluding hydrogens is 216 g/mol. The van der Waals surface area contributed by atoms with E-state index < -0.39 is 0 Å². The van der Waals surface area contributed by atoms with E-state index in [0.29, 0.717) is 0 Å². The minimum Gasteiger partial charge on any atom is -0.0839 e. The predicted octanol–water partition coefficient (Wildman–Crippen LogP) is 5.82. The Balaban J connectivity index is 2.01. The quantitative estimate of drug-likeness (QED) is 0.556. The van der Waals surface area contributed by atoms with Gasteiger partial charge in [-0.05, 0) is 29.2 Å². The number of hydrogen-bond acceptors (Lipinski definition) is 0.